The van der Waals surface area contributed by atoms with Gasteiger partial charge in [-0.25, -0.2) is 4.79 Å². The van der Waals surface area contributed by atoms with E-state index in [2.05, 4.69) is 5.32 Å². The Hall–Kier alpha value is -2.37. The van der Waals surface area contributed by atoms with Gasteiger partial charge in [-0.05, 0) is 31.7 Å². The number of hydrogen-bond donors (Lipinski definition) is 1. The maximum atomic E-state index is 12.6. The molecule has 2 saturated heterocycles. The molecule has 2 fully saturated rings. The molecule has 0 radical (unpaired) electrons. The summed E-state index contributed by atoms with van der Waals surface area (Å²) in [5, 5.41) is 2.90. The highest BCUT2D eigenvalue weighted by Crippen LogP contribution is 2.35. The molecule has 2 aliphatic rings. The summed E-state index contributed by atoms with van der Waals surface area (Å²) in [6.45, 7) is 4.36. The van der Waals surface area contributed by atoms with Crippen molar-refractivity contribution in [2.24, 2.45) is 5.92 Å². The summed E-state index contributed by atoms with van der Waals surface area (Å²) in [5.41, 5.74) is 0.119. The molecule has 1 spiro atoms. The average molecular weight is 344 g/mol. The van der Waals surface area contributed by atoms with Crippen molar-refractivity contribution in [3.8, 4) is 0 Å². The van der Waals surface area contributed by atoms with Crippen LogP contribution in [0, 0.1) is 5.92 Å². The minimum Gasteiger partial charge on any atom is -0.445 e. The molecule has 25 heavy (non-hydrogen) atoms. The van der Waals surface area contributed by atoms with Crippen molar-refractivity contribution in [3.05, 3.63) is 35.9 Å². The maximum absolute atomic E-state index is 12.6. The number of ketones is 1. The number of benzene rings is 1. The fourth-order valence-electron chi connectivity index (χ4n) is 3.87. The Labute approximate surface area is 147 Å². The third-order valence-electron chi connectivity index (χ3n) is 5.27. The third kappa shape index (κ3) is 3.25. The van der Waals surface area contributed by atoms with Crippen LogP contribution in [0.4, 0.5) is 4.79 Å². The topological polar surface area (TPSA) is 75.7 Å². The molecule has 1 aromatic carbocycles. The maximum Gasteiger partial charge on any atom is 0.410 e. The minimum atomic E-state index is -0.812. The molecule has 0 aliphatic carbocycles. The van der Waals surface area contributed by atoms with Gasteiger partial charge >= 0.3 is 6.09 Å². The Morgan fingerprint density at radius 1 is 1.32 bits per heavy atom. The first-order valence-electron chi connectivity index (χ1n) is 8.80. The molecule has 2 amide bonds. The SMILES string of the molecule is CCC1C(=O)N[C@@]2(CCN(C(=O)OCc3ccccc3)[C@@H](C)C2)C1=O. The summed E-state index contributed by atoms with van der Waals surface area (Å²) in [6.07, 6.45) is 1.02. The normalized spacial score (nSPS) is 29.0. The van der Waals surface area contributed by atoms with Crippen LogP contribution in [0.25, 0.3) is 0 Å². The first kappa shape index (κ1) is 17.5. The third-order valence-corrected chi connectivity index (χ3v) is 5.27. The lowest BCUT2D eigenvalue weighted by molar-refractivity contribution is -0.129. The van der Waals surface area contributed by atoms with E-state index in [1.807, 2.05) is 44.2 Å². The Kier molecular flexibility index (Phi) is 4.79. The van der Waals surface area contributed by atoms with E-state index in [0.717, 1.165) is 5.56 Å². The monoisotopic (exact) mass is 344 g/mol. The van der Waals surface area contributed by atoms with Crippen LogP contribution < -0.4 is 5.32 Å². The van der Waals surface area contributed by atoms with Crippen LogP contribution >= 0.6 is 0 Å². The lowest BCUT2D eigenvalue weighted by Gasteiger charge is -2.42. The summed E-state index contributed by atoms with van der Waals surface area (Å²) in [6, 6.07) is 9.34. The van der Waals surface area contributed by atoms with E-state index in [9.17, 15) is 14.4 Å². The van der Waals surface area contributed by atoms with Crippen molar-refractivity contribution in [1.29, 1.82) is 0 Å². The van der Waals surface area contributed by atoms with Gasteiger partial charge in [0.15, 0.2) is 5.78 Å². The lowest BCUT2D eigenvalue weighted by atomic mass is 9.79. The number of carbonyl (C=O) groups excluding carboxylic acids is 3. The van der Waals surface area contributed by atoms with Crippen molar-refractivity contribution in [1.82, 2.24) is 10.2 Å². The Bertz CT molecular complexity index is 675. The van der Waals surface area contributed by atoms with Crippen molar-refractivity contribution < 1.29 is 19.1 Å². The predicted octanol–water partition coefficient (Wildman–Crippen LogP) is 2.27. The minimum absolute atomic E-state index is 0.0239. The molecular formula is C19H24N2O4. The van der Waals surface area contributed by atoms with Crippen LogP contribution in [0.2, 0.25) is 0 Å². The smallest absolute Gasteiger partial charge is 0.410 e. The van der Waals surface area contributed by atoms with Crippen molar-refractivity contribution >= 4 is 17.8 Å². The molecule has 0 aromatic heterocycles. The number of amides is 2. The Morgan fingerprint density at radius 2 is 2.04 bits per heavy atom. The lowest BCUT2D eigenvalue weighted by Crippen LogP contribution is -2.58. The molecule has 2 heterocycles. The largest absolute Gasteiger partial charge is 0.445 e. The molecule has 3 atom stereocenters. The summed E-state index contributed by atoms with van der Waals surface area (Å²) in [4.78, 5) is 38.7. The molecule has 1 N–H and O–H groups in total. The molecule has 6 nitrogen and oxygen atoms in total. The van der Waals surface area contributed by atoms with Gasteiger partial charge in [0.1, 0.15) is 12.1 Å². The number of likely N-dealkylation sites (tertiary alicyclic amines) is 1. The number of carbonyl (C=O) groups is 3. The molecule has 1 unspecified atom stereocenters. The van der Waals surface area contributed by atoms with Crippen molar-refractivity contribution in [2.75, 3.05) is 6.54 Å². The Balaban J connectivity index is 1.61. The number of piperidine rings is 1. The van der Waals surface area contributed by atoms with Crippen LogP contribution in [0.15, 0.2) is 30.3 Å². The van der Waals surface area contributed by atoms with Crippen LogP contribution in [-0.4, -0.2) is 40.8 Å². The van der Waals surface area contributed by atoms with Crippen LogP contribution in [0.1, 0.15) is 38.7 Å². The van der Waals surface area contributed by atoms with E-state index in [-0.39, 0.29) is 30.4 Å². The highest BCUT2D eigenvalue weighted by Gasteiger charge is 2.54. The van der Waals surface area contributed by atoms with E-state index >= 15 is 0 Å². The molecule has 3 rings (SSSR count). The van der Waals surface area contributed by atoms with E-state index < -0.39 is 11.5 Å². The second kappa shape index (κ2) is 6.86. The van der Waals surface area contributed by atoms with Crippen LogP contribution in [0.5, 0.6) is 0 Å². The van der Waals surface area contributed by atoms with Crippen molar-refractivity contribution in [3.63, 3.8) is 0 Å². The summed E-state index contributed by atoms with van der Waals surface area (Å²) < 4.78 is 5.39. The number of hydrogen-bond acceptors (Lipinski definition) is 4. The second-order valence-corrected chi connectivity index (χ2v) is 6.93. The average Bonchev–Trinajstić information content (AvgIpc) is 2.83. The van der Waals surface area contributed by atoms with E-state index in [1.165, 1.54) is 0 Å². The number of ether oxygens (including phenoxy) is 1. The summed E-state index contributed by atoms with van der Waals surface area (Å²) in [5.74, 6) is -0.757. The van der Waals surface area contributed by atoms with Gasteiger partial charge in [0.25, 0.3) is 0 Å². The van der Waals surface area contributed by atoms with Gasteiger partial charge in [-0.2, -0.15) is 0 Å². The van der Waals surface area contributed by atoms with Gasteiger partial charge in [0, 0.05) is 12.6 Å². The van der Waals surface area contributed by atoms with E-state index in [4.69, 9.17) is 4.74 Å². The van der Waals surface area contributed by atoms with Crippen LogP contribution in [0.3, 0.4) is 0 Å². The van der Waals surface area contributed by atoms with E-state index in [1.54, 1.807) is 4.90 Å². The van der Waals surface area contributed by atoms with Gasteiger partial charge in [-0.1, -0.05) is 37.3 Å². The fraction of sp³-hybridized carbons (Fsp3) is 0.526. The first-order valence-corrected chi connectivity index (χ1v) is 8.80. The van der Waals surface area contributed by atoms with Gasteiger partial charge in [-0.3, -0.25) is 9.59 Å². The van der Waals surface area contributed by atoms with E-state index in [0.29, 0.717) is 25.8 Å². The highest BCUT2D eigenvalue weighted by molar-refractivity contribution is 6.13. The highest BCUT2D eigenvalue weighted by atomic mass is 16.6. The second-order valence-electron chi connectivity index (χ2n) is 6.93. The van der Waals surface area contributed by atoms with Crippen molar-refractivity contribution in [2.45, 2.75) is 51.3 Å². The zero-order chi connectivity index (χ0) is 18.0. The number of Topliss-reactive ketones (excluding diaryl/α,β-unsaturated/α-hetero) is 1. The summed E-state index contributed by atoms with van der Waals surface area (Å²) >= 11 is 0. The number of nitrogens with one attached hydrogen (secondary N) is 1. The van der Waals surface area contributed by atoms with Gasteiger partial charge in [-0.15, -0.1) is 0 Å². The zero-order valence-corrected chi connectivity index (χ0v) is 14.7. The van der Waals surface area contributed by atoms with Gasteiger partial charge < -0.3 is 15.0 Å². The molecule has 0 bridgehead atoms. The molecule has 134 valence electrons. The standard InChI is InChI=1S/C19H24N2O4/c1-3-15-16(22)19(20-17(15)23)9-10-21(13(2)11-19)18(24)25-12-14-7-5-4-6-8-14/h4-8,13,15H,3,9-12H2,1-2H3,(H,20,23)/t13-,15?,19+/m0/s1. The quantitative estimate of drug-likeness (QED) is 0.854. The number of rotatable bonds is 3. The fourth-order valence-corrected chi connectivity index (χ4v) is 3.87. The first-order chi connectivity index (χ1) is 12.0. The van der Waals surface area contributed by atoms with Crippen LogP contribution in [-0.2, 0) is 20.9 Å². The molecule has 0 saturated carbocycles. The summed E-state index contributed by atoms with van der Waals surface area (Å²) in [7, 11) is 0. The zero-order valence-electron chi connectivity index (χ0n) is 14.7. The van der Waals surface area contributed by atoms with Gasteiger partial charge in [0.2, 0.25) is 5.91 Å². The number of nitrogens with zero attached hydrogens (tertiary/aromatic N) is 1. The molecule has 6 heteroatoms. The van der Waals surface area contributed by atoms with Gasteiger partial charge in [0.05, 0.1) is 5.92 Å². The Morgan fingerprint density at radius 3 is 2.64 bits per heavy atom. The predicted molar refractivity (Wildman–Crippen MR) is 91.7 cm³/mol. The molecule has 1 aromatic rings. The molecular weight excluding hydrogens is 320 g/mol. The molecule has 2 aliphatic heterocycles.